The Morgan fingerprint density at radius 1 is 1.26 bits per heavy atom. The smallest absolute Gasteiger partial charge is 0.308 e. The fourth-order valence-electron chi connectivity index (χ4n) is 2.14. The van der Waals surface area contributed by atoms with Crippen molar-refractivity contribution in [3.05, 3.63) is 21.9 Å². The first-order valence-corrected chi connectivity index (χ1v) is 8.77. The Hall–Kier alpha value is -1.40. The van der Waals surface area contributed by atoms with Gasteiger partial charge in [0.25, 0.3) is 0 Å². The Kier molecular flexibility index (Phi) is 7.72. The number of unbranched alkanes of at least 4 members (excludes halogenated alkanes) is 2. The molecular formula is C17H27NO4S. The summed E-state index contributed by atoms with van der Waals surface area (Å²) >= 11 is 1.62. The maximum absolute atomic E-state index is 11.8. The van der Waals surface area contributed by atoms with Crippen molar-refractivity contribution in [2.75, 3.05) is 0 Å². The van der Waals surface area contributed by atoms with Gasteiger partial charge in [-0.25, -0.2) is 0 Å². The van der Waals surface area contributed by atoms with Crippen molar-refractivity contribution in [3.8, 4) is 0 Å². The maximum Gasteiger partial charge on any atom is 0.308 e. The number of carboxylic acids is 1. The number of aliphatic carboxylic acids is 1. The van der Waals surface area contributed by atoms with E-state index >= 15 is 0 Å². The quantitative estimate of drug-likeness (QED) is 0.528. The minimum atomic E-state index is -0.739. The number of nitrogens with two attached hydrogens (primary N) is 1. The number of carbonyl (C=O) groups excluding carboxylic acids is 1. The van der Waals surface area contributed by atoms with E-state index in [0.29, 0.717) is 6.42 Å². The summed E-state index contributed by atoms with van der Waals surface area (Å²) in [6, 6.07) is 3.66. The second kappa shape index (κ2) is 9.03. The van der Waals surface area contributed by atoms with E-state index in [1.54, 1.807) is 11.3 Å². The lowest BCUT2D eigenvalue weighted by atomic mass is 10.1. The molecule has 1 unspecified atom stereocenters. The van der Waals surface area contributed by atoms with Gasteiger partial charge in [-0.1, -0.05) is 6.42 Å². The first-order chi connectivity index (χ1) is 10.7. The van der Waals surface area contributed by atoms with Crippen LogP contribution in [0.1, 0.15) is 68.7 Å². The predicted octanol–water partition coefficient (Wildman–Crippen LogP) is 3.67. The molecule has 0 saturated carbocycles. The molecule has 1 aromatic heterocycles. The molecule has 0 fully saturated rings. The van der Waals surface area contributed by atoms with Crippen LogP contribution >= 0.6 is 11.3 Å². The number of thiophene rings is 1. The monoisotopic (exact) mass is 341 g/mol. The lowest BCUT2D eigenvalue weighted by Crippen LogP contribution is -2.26. The van der Waals surface area contributed by atoms with E-state index in [4.69, 9.17) is 15.6 Å². The molecule has 0 saturated heterocycles. The van der Waals surface area contributed by atoms with Crippen molar-refractivity contribution in [1.82, 2.24) is 0 Å². The molecule has 5 nitrogen and oxygen atoms in total. The molecule has 1 atom stereocenters. The number of ether oxygens (including phenoxy) is 1. The summed E-state index contributed by atoms with van der Waals surface area (Å²) < 4.78 is 5.29. The van der Waals surface area contributed by atoms with E-state index in [-0.39, 0.29) is 24.9 Å². The highest BCUT2D eigenvalue weighted by Gasteiger charge is 2.20. The van der Waals surface area contributed by atoms with Crippen LogP contribution < -0.4 is 5.73 Å². The number of carbonyl (C=O) groups is 2. The van der Waals surface area contributed by atoms with Crippen LogP contribution in [0.4, 0.5) is 0 Å². The van der Waals surface area contributed by atoms with Crippen LogP contribution in [-0.2, 0) is 20.7 Å². The van der Waals surface area contributed by atoms with Gasteiger partial charge in [0.1, 0.15) is 5.60 Å². The molecule has 0 radical (unpaired) electrons. The topological polar surface area (TPSA) is 89.6 Å². The van der Waals surface area contributed by atoms with Crippen molar-refractivity contribution >= 4 is 23.3 Å². The van der Waals surface area contributed by atoms with Crippen molar-refractivity contribution in [3.63, 3.8) is 0 Å². The van der Waals surface area contributed by atoms with Crippen molar-refractivity contribution < 1.29 is 19.4 Å². The second-order valence-electron chi connectivity index (χ2n) is 6.66. The molecule has 6 heteroatoms. The summed E-state index contributed by atoms with van der Waals surface area (Å²) in [4.78, 5) is 24.4. The van der Waals surface area contributed by atoms with E-state index in [9.17, 15) is 9.59 Å². The first-order valence-electron chi connectivity index (χ1n) is 7.95. The Balaban J connectivity index is 2.37. The molecule has 1 rings (SSSR count). The largest absolute Gasteiger partial charge is 0.481 e. The average molecular weight is 341 g/mol. The van der Waals surface area contributed by atoms with Gasteiger partial charge in [0, 0.05) is 22.2 Å². The van der Waals surface area contributed by atoms with Crippen LogP contribution in [0.25, 0.3) is 0 Å². The van der Waals surface area contributed by atoms with E-state index in [1.165, 1.54) is 4.88 Å². The van der Waals surface area contributed by atoms with Crippen molar-refractivity contribution in [1.29, 1.82) is 0 Å². The zero-order valence-electron chi connectivity index (χ0n) is 14.1. The number of aryl methyl sites for hydroxylation is 1. The van der Waals surface area contributed by atoms with Crippen LogP contribution in [0, 0.1) is 0 Å². The Labute approximate surface area is 141 Å². The summed E-state index contributed by atoms with van der Waals surface area (Å²) in [5.41, 5.74) is 5.59. The van der Waals surface area contributed by atoms with Gasteiger partial charge < -0.3 is 15.6 Å². The van der Waals surface area contributed by atoms with Gasteiger partial charge in [-0.15, -0.1) is 11.3 Å². The number of carboxylic acid groups (broad SMARTS) is 1. The third kappa shape index (κ3) is 8.71. The lowest BCUT2D eigenvalue weighted by molar-refractivity contribution is -0.155. The van der Waals surface area contributed by atoms with Gasteiger partial charge in [0.05, 0.1) is 6.42 Å². The fourth-order valence-corrected chi connectivity index (χ4v) is 3.20. The summed E-state index contributed by atoms with van der Waals surface area (Å²) in [6.45, 7) is 5.51. The average Bonchev–Trinajstić information content (AvgIpc) is 2.84. The molecule has 0 aliphatic carbocycles. The maximum atomic E-state index is 11.8. The fraction of sp³-hybridized carbons (Fsp3) is 0.647. The van der Waals surface area contributed by atoms with Crippen LogP contribution in [0.15, 0.2) is 12.1 Å². The Morgan fingerprint density at radius 2 is 1.96 bits per heavy atom. The molecule has 130 valence electrons. The minimum absolute atomic E-state index is 0.176. The van der Waals surface area contributed by atoms with Gasteiger partial charge in [-0.3, -0.25) is 9.59 Å². The SMILES string of the molecule is CC(C)(C)OC(=O)CC(N)c1ccc(CCCCCC(=O)O)s1. The van der Waals surface area contributed by atoms with Gasteiger partial charge >= 0.3 is 11.9 Å². The van der Waals surface area contributed by atoms with Crippen molar-refractivity contribution in [2.24, 2.45) is 5.73 Å². The molecule has 23 heavy (non-hydrogen) atoms. The summed E-state index contributed by atoms with van der Waals surface area (Å²) in [6.07, 6.45) is 3.92. The zero-order valence-corrected chi connectivity index (χ0v) is 14.9. The summed E-state index contributed by atoms with van der Waals surface area (Å²) in [5, 5.41) is 8.59. The van der Waals surface area contributed by atoms with Crippen LogP contribution in [0.3, 0.4) is 0 Å². The van der Waals surface area contributed by atoms with Gasteiger partial charge in [-0.05, 0) is 52.2 Å². The standard InChI is InChI=1S/C17H27NO4S/c1-17(2,3)22-16(21)11-13(18)14-10-9-12(23-14)7-5-4-6-8-15(19)20/h9-10,13H,4-8,11,18H2,1-3H3,(H,19,20). The summed E-state index contributed by atoms with van der Waals surface area (Å²) in [7, 11) is 0. The number of esters is 1. The molecule has 0 aliphatic rings. The molecule has 0 aromatic carbocycles. The number of hydrogen-bond acceptors (Lipinski definition) is 5. The minimum Gasteiger partial charge on any atom is -0.481 e. The highest BCUT2D eigenvalue weighted by Crippen LogP contribution is 2.26. The highest BCUT2D eigenvalue weighted by molar-refractivity contribution is 7.12. The zero-order chi connectivity index (χ0) is 17.5. The van der Waals surface area contributed by atoms with Gasteiger partial charge in [0.15, 0.2) is 0 Å². The molecule has 3 N–H and O–H groups in total. The van der Waals surface area contributed by atoms with Crippen molar-refractivity contribution in [2.45, 2.75) is 70.9 Å². The predicted molar refractivity (Wildman–Crippen MR) is 91.5 cm³/mol. The normalized spacial score (nSPS) is 12.9. The first kappa shape index (κ1) is 19.6. The third-order valence-electron chi connectivity index (χ3n) is 3.17. The Bertz CT molecular complexity index is 519. The van der Waals surface area contributed by atoms with Crippen LogP contribution in [0.2, 0.25) is 0 Å². The summed E-state index contributed by atoms with van der Waals surface area (Å²) in [5.74, 6) is -1.02. The van der Waals surface area contributed by atoms with E-state index in [2.05, 4.69) is 0 Å². The van der Waals surface area contributed by atoms with Gasteiger partial charge in [-0.2, -0.15) is 0 Å². The molecule has 0 aliphatic heterocycles. The lowest BCUT2D eigenvalue weighted by Gasteiger charge is -2.20. The van der Waals surface area contributed by atoms with E-state index in [1.807, 2.05) is 32.9 Å². The molecule has 0 amide bonds. The van der Waals surface area contributed by atoms with Gasteiger partial charge in [0.2, 0.25) is 0 Å². The number of hydrogen-bond donors (Lipinski definition) is 2. The van der Waals surface area contributed by atoms with E-state index in [0.717, 1.165) is 24.1 Å². The Morgan fingerprint density at radius 3 is 2.57 bits per heavy atom. The third-order valence-corrected chi connectivity index (χ3v) is 4.45. The molecular weight excluding hydrogens is 314 g/mol. The second-order valence-corrected chi connectivity index (χ2v) is 7.86. The number of rotatable bonds is 9. The molecule has 0 spiro atoms. The highest BCUT2D eigenvalue weighted by atomic mass is 32.1. The van der Waals surface area contributed by atoms with Crippen LogP contribution in [0.5, 0.6) is 0 Å². The molecule has 0 bridgehead atoms. The molecule has 1 heterocycles. The molecule has 1 aromatic rings. The van der Waals surface area contributed by atoms with E-state index < -0.39 is 11.6 Å². The van der Waals surface area contributed by atoms with Crippen LogP contribution in [-0.4, -0.2) is 22.6 Å².